The second-order valence-corrected chi connectivity index (χ2v) is 6.26. The highest BCUT2D eigenvalue weighted by atomic mass is 16.2. The highest BCUT2D eigenvalue weighted by Gasteiger charge is 2.39. The number of hydrogen-bond acceptors (Lipinski definition) is 2. The van der Waals surface area contributed by atoms with Gasteiger partial charge in [0.2, 0.25) is 5.91 Å². The van der Waals surface area contributed by atoms with Gasteiger partial charge in [-0.15, -0.1) is 0 Å². The first-order valence-corrected chi connectivity index (χ1v) is 7.82. The summed E-state index contributed by atoms with van der Waals surface area (Å²) in [6, 6.07) is 8.81. The molecule has 1 aliphatic heterocycles. The van der Waals surface area contributed by atoms with E-state index in [1.807, 2.05) is 0 Å². The number of piperidine rings is 1. The zero-order valence-corrected chi connectivity index (χ0v) is 12.2. The van der Waals surface area contributed by atoms with Crippen LogP contribution in [0.4, 0.5) is 0 Å². The molecule has 1 aromatic rings. The second kappa shape index (κ2) is 5.57. The van der Waals surface area contributed by atoms with Gasteiger partial charge in [-0.05, 0) is 49.8 Å². The van der Waals surface area contributed by atoms with Crippen LogP contribution in [0.1, 0.15) is 37.3 Å². The molecule has 1 aromatic carbocycles. The maximum absolute atomic E-state index is 12.7. The Morgan fingerprint density at radius 2 is 2.05 bits per heavy atom. The molecule has 20 heavy (non-hydrogen) atoms. The van der Waals surface area contributed by atoms with Gasteiger partial charge in [-0.3, -0.25) is 4.79 Å². The fourth-order valence-electron chi connectivity index (χ4n) is 3.62. The SMILES string of the molecule is CCC1(C(=O)NC2Cc3ccccc3C2)CCCNC1. The summed E-state index contributed by atoms with van der Waals surface area (Å²) in [6.45, 7) is 4.01. The average Bonchev–Trinajstić information content (AvgIpc) is 2.90. The molecule has 0 radical (unpaired) electrons. The van der Waals surface area contributed by atoms with E-state index in [1.165, 1.54) is 11.1 Å². The fraction of sp³-hybridized carbons (Fsp3) is 0.588. The molecule has 3 nitrogen and oxygen atoms in total. The lowest BCUT2D eigenvalue weighted by atomic mass is 9.77. The zero-order chi connectivity index (χ0) is 14.0. The quantitative estimate of drug-likeness (QED) is 0.884. The molecule has 1 aliphatic carbocycles. The minimum atomic E-state index is -0.187. The Morgan fingerprint density at radius 3 is 2.60 bits per heavy atom. The first-order valence-electron chi connectivity index (χ1n) is 7.82. The van der Waals surface area contributed by atoms with Gasteiger partial charge in [0.1, 0.15) is 0 Å². The van der Waals surface area contributed by atoms with Crippen molar-refractivity contribution in [2.45, 2.75) is 45.1 Å². The summed E-state index contributed by atoms with van der Waals surface area (Å²) in [5, 5.41) is 6.70. The Balaban J connectivity index is 1.65. The van der Waals surface area contributed by atoms with Gasteiger partial charge in [0, 0.05) is 12.6 Å². The standard InChI is InChI=1S/C17H24N2O/c1-2-17(8-5-9-18-12-17)16(20)19-15-10-13-6-3-4-7-14(13)11-15/h3-4,6-7,15,18H,2,5,8-12H2,1H3,(H,19,20). The number of carbonyl (C=O) groups excluding carboxylic acids is 1. The van der Waals surface area contributed by atoms with E-state index < -0.39 is 0 Å². The molecule has 0 bridgehead atoms. The Bertz CT molecular complexity index is 467. The first-order chi connectivity index (χ1) is 9.73. The molecule has 3 rings (SSSR count). The topological polar surface area (TPSA) is 41.1 Å². The lowest BCUT2D eigenvalue weighted by Crippen LogP contribution is -2.52. The lowest BCUT2D eigenvalue weighted by molar-refractivity contribution is -0.133. The van der Waals surface area contributed by atoms with Crippen molar-refractivity contribution in [3.8, 4) is 0 Å². The van der Waals surface area contributed by atoms with Crippen LogP contribution in [0.5, 0.6) is 0 Å². The van der Waals surface area contributed by atoms with E-state index in [0.29, 0.717) is 0 Å². The molecule has 2 N–H and O–H groups in total. The summed E-state index contributed by atoms with van der Waals surface area (Å²) in [4.78, 5) is 12.7. The van der Waals surface area contributed by atoms with E-state index in [9.17, 15) is 4.79 Å². The third-order valence-electron chi connectivity index (χ3n) is 5.02. The molecule has 1 amide bonds. The molecule has 1 saturated heterocycles. The molecule has 0 saturated carbocycles. The average molecular weight is 272 g/mol. The van der Waals surface area contributed by atoms with Crippen LogP contribution in [0, 0.1) is 5.41 Å². The van der Waals surface area contributed by atoms with Gasteiger partial charge < -0.3 is 10.6 Å². The maximum Gasteiger partial charge on any atom is 0.227 e. The molecular formula is C17H24N2O. The fourth-order valence-corrected chi connectivity index (χ4v) is 3.62. The Morgan fingerprint density at radius 1 is 1.35 bits per heavy atom. The van der Waals surface area contributed by atoms with Crippen molar-refractivity contribution in [1.82, 2.24) is 10.6 Å². The van der Waals surface area contributed by atoms with Crippen LogP contribution in [-0.4, -0.2) is 25.0 Å². The Labute approximate surface area is 121 Å². The number of amides is 1. The predicted octanol–water partition coefficient (Wildman–Crippen LogP) is 2.05. The lowest BCUT2D eigenvalue weighted by Gasteiger charge is -2.36. The number of rotatable bonds is 3. The van der Waals surface area contributed by atoms with Gasteiger partial charge in [-0.2, -0.15) is 0 Å². The van der Waals surface area contributed by atoms with Crippen molar-refractivity contribution in [2.24, 2.45) is 5.41 Å². The zero-order valence-electron chi connectivity index (χ0n) is 12.2. The van der Waals surface area contributed by atoms with Gasteiger partial charge >= 0.3 is 0 Å². The van der Waals surface area contributed by atoms with Gasteiger partial charge in [-0.25, -0.2) is 0 Å². The normalized spacial score (nSPS) is 26.2. The number of hydrogen-bond donors (Lipinski definition) is 2. The van der Waals surface area contributed by atoms with Crippen molar-refractivity contribution in [3.63, 3.8) is 0 Å². The summed E-state index contributed by atoms with van der Waals surface area (Å²) in [6.07, 6.45) is 5.00. The van der Waals surface area contributed by atoms with Gasteiger partial charge in [0.15, 0.2) is 0 Å². The summed E-state index contributed by atoms with van der Waals surface area (Å²) in [5.41, 5.74) is 2.60. The third kappa shape index (κ3) is 2.47. The van der Waals surface area contributed by atoms with E-state index in [0.717, 1.165) is 45.2 Å². The smallest absolute Gasteiger partial charge is 0.227 e. The summed E-state index contributed by atoms with van der Waals surface area (Å²) < 4.78 is 0. The predicted molar refractivity (Wildman–Crippen MR) is 80.6 cm³/mol. The Hall–Kier alpha value is -1.35. The summed E-state index contributed by atoms with van der Waals surface area (Å²) in [7, 11) is 0. The summed E-state index contributed by atoms with van der Waals surface area (Å²) in [5.74, 6) is 0.255. The van der Waals surface area contributed by atoms with Crippen LogP contribution in [0.2, 0.25) is 0 Å². The number of fused-ring (bicyclic) bond motifs is 1. The van der Waals surface area contributed by atoms with E-state index in [2.05, 4.69) is 41.8 Å². The van der Waals surface area contributed by atoms with Crippen molar-refractivity contribution in [1.29, 1.82) is 0 Å². The molecule has 0 spiro atoms. The molecule has 1 heterocycles. The van der Waals surface area contributed by atoms with Crippen molar-refractivity contribution in [3.05, 3.63) is 35.4 Å². The largest absolute Gasteiger partial charge is 0.352 e. The van der Waals surface area contributed by atoms with Crippen LogP contribution in [0.3, 0.4) is 0 Å². The van der Waals surface area contributed by atoms with Gasteiger partial charge in [0.05, 0.1) is 5.41 Å². The Kier molecular flexibility index (Phi) is 3.79. The number of nitrogens with one attached hydrogen (secondary N) is 2. The molecule has 1 atom stereocenters. The molecule has 1 unspecified atom stereocenters. The highest BCUT2D eigenvalue weighted by molar-refractivity contribution is 5.83. The number of carbonyl (C=O) groups is 1. The molecule has 1 fully saturated rings. The second-order valence-electron chi connectivity index (χ2n) is 6.26. The van der Waals surface area contributed by atoms with Crippen molar-refractivity contribution < 1.29 is 4.79 Å². The molecule has 2 aliphatic rings. The van der Waals surface area contributed by atoms with E-state index >= 15 is 0 Å². The summed E-state index contributed by atoms with van der Waals surface area (Å²) >= 11 is 0. The van der Waals surface area contributed by atoms with Crippen LogP contribution >= 0.6 is 0 Å². The number of benzene rings is 1. The van der Waals surface area contributed by atoms with Gasteiger partial charge in [-0.1, -0.05) is 31.2 Å². The minimum absolute atomic E-state index is 0.187. The minimum Gasteiger partial charge on any atom is -0.352 e. The van der Waals surface area contributed by atoms with Crippen LogP contribution in [-0.2, 0) is 17.6 Å². The van der Waals surface area contributed by atoms with Crippen molar-refractivity contribution >= 4 is 5.91 Å². The molecular weight excluding hydrogens is 248 g/mol. The molecule has 0 aromatic heterocycles. The monoisotopic (exact) mass is 272 g/mol. The third-order valence-corrected chi connectivity index (χ3v) is 5.02. The molecule has 3 heteroatoms. The molecule has 108 valence electrons. The van der Waals surface area contributed by atoms with Crippen LogP contribution in [0.25, 0.3) is 0 Å². The van der Waals surface area contributed by atoms with Gasteiger partial charge in [0.25, 0.3) is 0 Å². The van der Waals surface area contributed by atoms with Crippen LogP contribution in [0.15, 0.2) is 24.3 Å². The van der Waals surface area contributed by atoms with E-state index in [-0.39, 0.29) is 17.4 Å². The van der Waals surface area contributed by atoms with Crippen molar-refractivity contribution in [2.75, 3.05) is 13.1 Å². The van der Waals surface area contributed by atoms with E-state index in [1.54, 1.807) is 0 Å². The van der Waals surface area contributed by atoms with E-state index in [4.69, 9.17) is 0 Å². The highest BCUT2D eigenvalue weighted by Crippen LogP contribution is 2.31. The van der Waals surface area contributed by atoms with Crippen LogP contribution < -0.4 is 10.6 Å². The first kappa shape index (κ1) is 13.6. The maximum atomic E-state index is 12.7.